The number of amides is 2. The van der Waals surface area contributed by atoms with Gasteiger partial charge in [-0.2, -0.15) is 0 Å². The van der Waals surface area contributed by atoms with Crippen LogP contribution in [0.5, 0.6) is 5.75 Å². The van der Waals surface area contributed by atoms with Gasteiger partial charge in [0, 0.05) is 0 Å². The number of carbonyl (C=O) groups is 3. The van der Waals surface area contributed by atoms with Crippen LogP contribution in [-0.2, 0) is 11.4 Å². The third-order valence-electron chi connectivity index (χ3n) is 3.88. The molecule has 1 aliphatic heterocycles. The smallest absolute Gasteiger partial charge is 0.335 e. The molecule has 0 unspecified atom stereocenters. The number of rotatable bonds is 6. The summed E-state index contributed by atoms with van der Waals surface area (Å²) in [4.78, 5) is 36.3. The molecule has 2 aromatic carbocycles. The van der Waals surface area contributed by atoms with Crippen molar-refractivity contribution in [3.8, 4) is 18.1 Å². The van der Waals surface area contributed by atoms with Gasteiger partial charge in [0.25, 0.3) is 11.1 Å². The van der Waals surface area contributed by atoms with E-state index in [4.69, 9.17) is 16.3 Å². The van der Waals surface area contributed by atoms with Gasteiger partial charge in [-0.15, -0.1) is 6.42 Å². The van der Waals surface area contributed by atoms with Crippen LogP contribution in [0.2, 0.25) is 0 Å². The molecule has 0 spiro atoms. The molecule has 0 radical (unpaired) electrons. The van der Waals surface area contributed by atoms with E-state index in [9.17, 15) is 14.4 Å². The topological polar surface area (TPSA) is 83.9 Å². The highest BCUT2D eigenvalue weighted by molar-refractivity contribution is 8.18. The fourth-order valence-corrected chi connectivity index (χ4v) is 3.34. The van der Waals surface area contributed by atoms with Crippen molar-refractivity contribution in [1.82, 2.24) is 4.90 Å². The Morgan fingerprint density at radius 2 is 1.96 bits per heavy atom. The van der Waals surface area contributed by atoms with Gasteiger partial charge in [-0.3, -0.25) is 14.5 Å². The van der Waals surface area contributed by atoms with Gasteiger partial charge >= 0.3 is 5.97 Å². The van der Waals surface area contributed by atoms with Gasteiger partial charge in [0.05, 0.1) is 17.0 Å². The molecule has 2 aromatic rings. The van der Waals surface area contributed by atoms with Crippen molar-refractivity contribution in [1.29, 1.82) is 0 Å². The monoisotopic (exact) mass is 393 g/mol. The van der Waals surface area contributed by atoms with Crippen LogP contribution in [-0.4, -0.2) is 33.7 Å². The van der Waals surface area contributed by atoms with Crippen molar-refractivity contribution in [2.75, 3.05) is 6.54 Å². The number of benzene rings is 2. The molecule has 140 valence electrons. The molecule has 0 aliphatic carbocycles. The number of thioether (sulfide) groups is 1. The van der Waals surface area contributed by atoms with E-state index < -0.39 is 11.9 Å². The van der Waals surface area contributed by atoms with E-state index in [1.54, 1.807) is 48.5 Å². The molecule has 7 heteroatoms. The van der Waals surface area contributed by atoms with E-state index in [1.165, 1.54) is 6.07 Å². The minimum absolute atomic E-state index is 0.0438. The molecule has 1 saturated heterocycles. The third kappa shape index (κ3) is 4.42. The zero-order chi connectivity index (χ0) is 20.1. The first-order chi connectivity index (χ1) is 13.5. The first-order valence-corrected chi connectivity index (χ1v) is 9.03. The maximum atomic E-state index is 12.2. The van der Waals surface area contributed by atoms with Crippen molar-refractivity contribution in [2.24, 2.45) is 0 Å². The fourth-order valence-electron chi connectivity index (χ4n) is 2.50. The number of ether oxygens (including phenoxy) is 1. The summed E-state index contributed by atoms with van der Waals surface area (Å²) in [6, 6.07) is 13.5. The van der Waals surface area contributed by atoms with Crippen LogP contribution in [0.4, 0.5) is 4.79 Å². The van der Waals surface area contributed by atoms with Gasteiger partial charge in [0.2, 0.25) is 0 Å². The van der Waals surface area contributed by atoms with Crippen molar-refractivity contribution in [3.63, 3.8) is 0 Å². The van der Waals surface area contributed by atoms with Crippen LogP contribution < -0.4 is 4.74 Å². The van der Waals surface area contributed by atoms with E-state index in [-0.39, 0.29) is 24.0 Å². The van der Waals surface area contributed by atoms with Crippen molar-refractivity contribution < 1.29 is 24.2 Å². The quantitative estimate of drug-likeness (QED) is 0.596. The molecule has 0 aromatic heterocycles. The summed E-state index contributed by atoms with van der Waals surface area (Å²) in [7, 11) is 0. The van der Waals surface area contributed by atoms with Crippen molar-refractivity contribution in [2.45, 2.75) is 6.61 Å². The summed E-state index contributed by atoms with van der Waals surface area (Å²) in [5.41, 5.74) is 1.69. The average Bonchev–Trinajstić information content (AvgIpc) is 2.95. The molecule has 0 atom stereocenters. The molecule has 3 rings (SSSR count). The molecule has 1 aliphatic rings. The maximum absolute atomic E-state index is 12.2. The largest absolute Gasteiger partial charge is 0.489 e. The number of hydrogen-bond donors (Lipinski definition) is 1. The number of aromatic carboxylic acids is 1. The summed E-state index contributed by atoms with van der Waals surface area (Å²) >= 11 is 0.856. The minimum Gasteiger partial charge on any atom is -0.489 e. The highest BCUT2D eigenvalue weighted by Crippen LogP contribution is 2.32. The Hall–Kier alpha value is -3.50. The normalized spacial score (nSPS) is 15.0. The van der Waals surface area contributed by atoms with Crippen molar-refractivity contribution >= 4 is 35.0 Å². The molecule has 0 saturated carbocycles. The van der Waals surface area contributed by atoms with Gasteiger partial charge in [0.1, 0.15) is 12.4 Å². The Kier molecular flexibility index (Phi) is 5.82. The van der Waals surface area contributed by atoms with Gasteiger partial charge in [-0.05, 0) is 53.2 Å². The average molecular weight is 393 g/mol. The van der Waals surface area contributed by atoms with Gasteiger partial charge in [-0.1, -0.05) is 30.2 Å². The second kappa shape index (κ2) is 8.46. The zero-order valence-corrected chi connectivity index (χ0v) is 15.4. The summed E-state index contributed by atoms with van der Waals surface area (Å²) in [6.45, 7) is 0.184. The maximum Gasteiger partial charge on any atom is 0.335 e. The highest BCUT2D eigenvalue weighted by Gasteiger charge is 2.34. The van der Waals surface area contributed by atoms with Crippen LogP contribution in [0, 0.1) is 12.3 Å². The number of terminal acetylenes is 1. The lowest BCUT2D eigenvalue weighted by Gasteiger charge is -2.08. The Labute approximate surface area is 165 Å². The van der Waals surface area contributed by atoms with Gasteiger partial charge in [0.15, 0.2) is 0 Å². The Balaban J connectivity index is 1.65. The SMILES string of the molecule is C#CCN1C(=O)S/C(=C\c2ccc(OCc3cccc(C(=O)O)c3)cc2)C1=O. The Bertz CT molecular complexity index is 1000. The van der Waals surface area contributed by atoms with E-state index in [1.807, 2.05) is 0 Å². The molecule has 1 fully saturated rings. The number of carboxylic acid groups (broad SMARTS) is 1. The molecule has 2 amide bonds. The lowest BCUT2D eigenvalue weighted by atomic mass is 10.1. The zero-order valence-electron chi connectivity index (χ0n) is 14.6. The van der Waals surface area contributed by atoms with Crippen LogP contribution >= 0.6 is 11.8 Å². The number of hydrogen-bond acceptors (Lipinski definition) is 5. The van der Waals surface area contributed by atoms with Crippen LogP contribution in [0.15, 0.2) is 53.4 Å². The summed E-state index contributed by atoms with van der Waals surface area (Å²) in [6.07, 6.45) is 6.80. The van der Waals surface area contributed by atoms with E-state index >= 15 is 0 Å². The Morgan fingerprint density at radius 1 is 1.21 bits per heavy atom. The predicted molar refractivity (Wildman–Crippen MR) is 106 cm³/mol. The summed E-state index contributed by atoms with van der Waals surface area (Å²) < 4.78 is 5.67. The molecule has 1 N–H and O–H groups in total. The van der Waals surface area contributed by atoms with E-state index in [0.29, 0.717) is 10.7 Å². The molecular weight excluding hydrogens is 378 g/mol. The number of carboxylic acids is 1. The molecular formula is C21H15NO5S. The van der Waals surface area contributed by atoms with Crippen LogP contribution in [0.25, 0.3) is 6.08 Å². The first kappa shape index (κ1) is 19.3. The standard InChI is InChI=1S/C21H15NO5S/c1-2-10-22-19(23)18(28-21(22)26)12-14-6-8-17(9-7-14)27-13-15-4-3-5-16(11-15)20(24)25/h1,3-9,11-12H,10,13H2,(H,24,25)/b18-12-. The van der Waals surface area contributed by atoms with Gasteiger partial charge in [-0.25, -0.2) is 4.79 Å². The first-order valence-electron chi connectivity index (χ1n) is 8.22. The second-order valence-corrected chi connectivity index (χ2v) is 6.83. The number of carbonyl (C=O) groups excluding carboxylic acids is 2. The van der Waals surface area contributed by atoms with E-state index in [2.05, 4.69) is 5.92 Å². The second-order valence-electron chi connectivity index (χ2n) is 5.84. The van der Waals surface area contributed by atoms with Gasteiger partial charge < -0.3 is 9.84 Å². The molecule has 1 heterocycles. The molecule has 6 nitrogen and oxygen atoms in total. The lowest BCUT2D eigenvalue weighted by Crippen LogP contribution is -2.28. The third-order valence-corrected chi connectivity index (χ3v) is 4.79. The summed E-state index contributed by atoms with van der Waals surface area (Å²) in [5.74, 6) is 1.50. The van der Waals surface area contributed by atoms with Crippen molar-refractivity contribution in [3.05, 3.63) is 70.1 Å². The van der Waals surface area contributed by atoms with Crippen LogP contribution in [0.3, 0.4) is 0 Å². The lowest BCUT2D eigenvalue weighted by molar-refractivity contribution is -0.122. The number of imide groups is 1. The Morgan fingerprint density at radius 3 is 2.64 bits per heavy atom. The predicted octanol–water partition coefficient (Wildman–Crippen LogP) is 3.63. The molecule has 0 bridgehead atoms. The fraction of sp³-hybridized carbons (Fsp3) is 0.0952. The van der Waals surface area contributed by atoms with E-state index in [0.717, 1.165) is 27.8 Å². The number of nitrogens with zero attached hydrogens (tertiary/aromatic N) is 1. The molecule has 28 heavy (non-hydrogen) atoms. The highest BCUT2D eigenvalue weighted by atomic mass is 32.2. The van der Waals surface area contributed by atoms with Crippen LogP contribution in [0.1, 0.15) is 21.5 Å². The summed E-state index contributed by atoms with van der Waals surface area (Å²) in [5, 5.41) is 8.64. The minimum atomic E-state index is -0.988.